The van der Waals surface area contributed by atoms with E-state index < -0.39 is 22.1 Å². The van der Waals surface area contributed by atoms with Crippen LogP contribution in [-0.4, -0.2) is 20.5 Å². The summed E-state index contributed by atoms with van der Waals surface area (Å²) in [4.78, 5) is 10.4. The summed E-state index contributed by atoms with van der Waals surface area (Å²) in [5.74, 6) is -2.18. The molecule has 1 rings (SSSR count). The number of primary sulfonamides is 1. The lowest BCUT2D eigenvalue weighted by Crippen LogP contribution is -2.30. The molecule has 0 radical (unpaired) electrons. The van der Waals surface area contributed by atoms with E-state index in [4.69, 9.17) is 5.14 Å². The average Bonchev–Trinajstić information content (AvgIpc) is 2.17. The Labute approximate surface area is 101 Å². The van der Waals surface area contributed by atoms with Gasteiger partial charge in [-0.05, 0) is 24.6 Å². The molecule has 0 aliphatic carbocycles. The number of benzene rings is 1. The smallest absolute Gasteiger partial charge is 0.318 e. The van der Waals surface area contributed by atoms with E-state index in [1.807, 2.05) is 0 Å². The van der Waals surface area contributed by atoms with Gasteiger partial charge in [0.25, 0.3) is 0 Å². The van der Waals surface area contributed by atoms with E-state index in [1.165, 1.54) is 13.0 Å². The van der Waals surface area contributed by atoms with Crippen LogP contribution >= 0.6 is 0 Å². The van der Waals surface area contributed by atoms with Crippen molar-refractivity contribution in [1.82, 2.24) is 0 Å². The van der Waals surface area contributed by atoms with Crippen LogP contribution in [0.2, 0.25) is 0 Å². The molecule has 0 spiro atoms. The molecule has 1 amide bonds. The number of nitrogens with two attached hydrogens (primary N) is 1. The molecule has 100 valence electrons. The maximum absolute atomic E-state index is 12.0. The van der Waals surface area contributed by atoms with Crippen molar-refractivity contribution in [2.24, 2.45) is 5.14 Å². The van der Waals surface area contributed by atoms with Crippen LogP contribution in [0.5, 0.6) is 0 Å². The van der Waals surface area contributed by atoms with Crippen LogP contribution in [0.1, 0.15) is 5.56 Å². The van der Waals surface area contributed by atoms with Gasteiger partial charge in [-0.25, -0.2) is 13.6 Å². The van der Waals surface area contributed by atoms with Gasteiger partial charge in [0.15, 0.2) is 0 Å². The number of hydrogen-bond acceptors (Lipinski definition) is 3. The molecule has 0 bridgehead atoms. The van der Waals surface area contributed by atoms with Gasteiger partial charge in [-0.3, -0.25) is 4.79 Å². The van der Waals surface area contributed by atoms with Crippen LogP contribution in [0.3, 0.4) is 0 Å². The first-order valence-corrected chi connectivity index (χ1v) is 6.08. The van der Waals surface area contributed by atoms with Gasteiger partial charge in [-0.1, -0.05) is 6.07 Å². The monoisotopic (exact) mass is 282 g/mol. The Morgan fingerprint density at radius 3 is 2.33 bits per heavy atom. The molecule has 18 heavy (non-hydrogen) atoms. The highest BCUT2D eigenvalue weighted by Crippen LogP contribution is 2.24. The van der Waals surface area contributed by atoms with E-state index in [-0.39, 0.29) is 16.1 Å². The molecule has 0 heterocycles. The van der Waals surface area contributed by atoms with Gasteiger partial charge in [0.1, 0.15) is 0 Å². The second-order valence-corrected chi connectivity index (χ2v) is 4.96. The molecule has 3 N–H and O–H groups in total. The zero-order chi connectivity index (χ0) is 14.1. The minimum absolute atomic E-state index is 0.0578. The summed E-state index contributed by atoms with van der Waals surface area (Å²) in [6, 6.07) is 3.46. The van der Waals surface area contributed by atoms with Gasteiger partial charge in [-0.15, -0.1) is 0 Å². The van der Waals surface area contributed by atoms with Gasteiger partial charge >= 0.3 is 12.1 Å². The highest BCUT2D eigenvalue weighted by Gasteiger charge is 2.39. The normalized spacial score (nSPS) is 12.3. The number of hydrogen-bond donors (Lipinski definition) is 2. The summed E-state index contributed by atoms with van der Waals surface area (Å²) in [5, 5.41) is 6.46. The highest BCUT2D eigenvalue weighted by atomic mass is 32.2. The van der Waals surface area contributed by atoms with Crippen molar-refractivity contribution in [2.75, 3.05) is 5.32 Å². The number of carbonyl (C=O) groups excluding carboxylic acids is 1. The number of carbonyl (C=O) groups is 1. The maximum atomic E-state index is 12.0. The SMILES string of the molecule is Cc1c(NC(=O)C(F)(F)F)cccc1S(N)(=O)=O. The predicted molar refractivity (Wildman–Crippen MR) is 57.2 cm³/mol. The lowest BCUT2D eigenvalue weighted by molar-refractivity contribution is -0.167. The van der Waals surface area contributed by atoms with E-state index in [0.29, 0.717) is 0 Å². The lowest BCUT2D eigenvalue weighted by atomic mass is 10.2. The first-order valence-electron chi connectivity index (χ1n) is 4.54. The van der Waals surface area contributed by atoms with Crippen molar-refractivity contribution in [3.05, 3.63) is 23.8 Å². The van der Waals surface area contributed by atoms with Crippen molar-refractivity contribution >= 4 is 21.6 Å². The highest BCUT2D eigenvalue weighted by molar-refractivity contribution is 7.89. The van der Waals surface area contributed by atoms with Gasteiger partial charge in [0.05, 0.1) is 4.90 Å². The summed E-state index contributed by atoms with van der Waals surface area (Å²) in [6.45, 7) is 1.24. The van der Waals surface area contributed by atoms with Crippen LogP contribution in [0.4, 0.5) is 18.9 Å². The third kappa shape index (κ3) is 3.20. The number of anilines is 1. The summed E-state index contributed by atoms with van der Waals surface area (Å²) >= 11 is 0. The Kier molecular flexibility index (Phi) is 3.67. The first kappa shape index (κ1) is 14.5. The molecule has 0 atom stereocenters. The van der Waals surface area contributed by atoms with Gasteiger partial charge in [-0.2, -0.15) is 13.2 Å². The van der Waals surface area contributed by atoms with Gasteiger partial charge < -0.3 is 5.32 Å². The second-order valence-electron chi connectivity index (χ2n) is 3.43. The summed E-state index contributed by atoms with van der Waals surface area (Å²) in [5.41, 5.74) is -0.318. The third-order valence-corrected chi connectivity index (χ3v) is 3.15. The number of alkyl halides is 3. The standard InChI is InChI=1S/C9H9F3N2O3S/c1-5-6(14-8(15)9(10,11)12)3-2-4-7(5)18(13,16)17/h2-4H,1H3,(H,14,15)(H2,13,16,17). The molecular formula is C9H9F3N2O3S. The number of rotatable bonds is 2. The van der Waals surface area contributed by atoms with Gasteiger partial charge in [0.2, 0.25) is 10.0 Å². The molecule has 9 heteroatoms. The van der Waals surface area contributed by atoms with E-state index in [1.54, 1.807) is 5.32 Å². The Hall–Kier alpha value is -1.61. The zero-order valence-electron chi connectivity index (χ0n) is 9.08. The molecule has 0 fully saturated rings. The molecule has 1 aromatic carbocycles. The van der Waals surface area contributed by atoms with Crippen LogP contribution < -0.4 is 10.5 Å². The Balaban J connectivity index is 3.18. The molecular weight excluding hydrogens is 273 g/mol. The lowest BCUT2D eigenvalue weighted by Gasteiger charge is -2.12. The molecule has 0 aromatic heterocycles. The fourth-order valence-electron chi connectivity index (χ4n) is 1.25. The fourth-order valence-corrected chi connectivity index (χ4v) is 2.06. The second kappa shape index (κ2) is 4.58. The Morgan fingerprint density at radius 1 is 1.33 bits per heavy atom. The molecule has 0 aliphatic rings. The molecule has 0 unspecified atom stereocenters. The van der Waals surface area contributed by atoms with Crippen molar-refractivity contribution in [3.8, 4) is 0 Å². The van der Waals surface area contributed by atoms with Crippen LogP contribution in [-0.2, 0) is 14.8 Å². The predicted octanol–water partition coefficient (Wildman–Crippen LogP) is 1.14. The molecule has 1 aromatic rings. The number of amides is 1. The first-order chi connectivity index (χ1) is 8.03. The topological polar surface area (TPSA) is 89.3 Å². The van der Waals surface area contributed by atoms with Crippen molar-refractivity contribution in [2.45, 2.75) is 18.0 Å². The maximum Gasteiger partial charge on any atom is 0.471 e. The van der Waals surface area contributed by atoms with Crippen molar-refractivity contribution in [3.63, 3.8) is 0 Å². The van der Waals surface area contributed by atoms with E-state index in [0.717, 1.165) is 12.1 Å². The molecule has 5 nitrogen and oxygen atoms in total. The largest absolute Gasteiger partial charge is 0.471 e. The molecule has 0 saturated heterocycles. The van der Waals surface area contributed by atoms with Gasteiger partial charge in [0, 0.05) is 5.69 Å². The Morgan fingerprint density at radius 2 is 1.89 bits per heavy atom. The number of sulfonamides is 1. The quantitative estimate of drug-likeness (QED) is 0.852. The van der Waals surface area contributed by atoms with Crippen LogP contribution in [0.25, 0.3) is 0 Å². The number of nitrogens with one attached hydrogen (secondary N) is 1. The average molecular weight is 282 g/mol. The van der Waals surface area contributed by atoms with Crippen LogP contribution in [0.15, 0.2) is 23.1 Å². The minimum Gasteiger partial charge on any atom is -0.318 e. The summed E-state index contributed by atoms with van der Waals surface area (Å²) < 4.78 is 58.4. The third-order valence-electron chi connectivity index (χ3n) is 2.10. The molecule has 0 aliphatic heterocycles. The zero-order valence-corrected chi connectivity index (χ0v) is 9.89. The number of halogens is 3. The fraction of sp³-hybridized carbons (Fsp3) is 0.222. The van der Waals surface area contributed by atoms with E-state index >= 15 is 0 Å². The summed E-state index contributed by atoms with van der Waals surface area (Å²) in [7, 11) is -4.06. The molecule has 0 saturated carbocycles. The summed E-state index contributed by atoms with van der Waals surface area (Å²) in [6.07, 6.45) is -5.05. The minimum atomic E-state index is -5.05. The van der Waals surface area contributed by atoms with Crippen molar-refractivity contribution < 1.29 is 26.4 Å². The van der Waals surface area contributed by atoms with Crippen LogP contribution in [0, 0.1) is 6.92 Å². The Bertz CT molecular complexity index is 581. The van der Waals surface area contributed by atoms with E-state index in [2.05, 4.69) is 0 Å². The van der Waals surface area contributed by atoms with E-state index in [9.17, 15) is 26.4 Å². The van der Waals surface area contributed by atoms with Crippen molar-refractivity contribution in [1.29, 1.82) is 0 Å².